The van der Waals surface area contributed by atoms with Crippen LogP contribution in [0.2, 0.25) is 0 Å². The van der Waals surface area contributed by atoms with Gasteiger partial charge in [-0.05, 0) is 66.6 Å². The molecule has 2 amide bonds. The summed E-state index contributed by atoms with van der Waals surface area (Å²) in [6.07, 6.45) is 1.11. The fourth-order valence-electron chi connectivity index (χ4n) is 3.23. The summed E-state index contributed by atoms with van der Waals surface area (Å²) in [6.45, 7) is -0.120. The molecule has 0 saturated carbocycles. The first-order valence-electron chi connectivity index (χ1n) is 9.87. The summed E-state index contributed by atoms with van der Waals surface area (Å²) in [7, 11) is 1.59. The lowest BCUT2D eigenvalue weighted by atomic mass is 10.0. The summed E-state index contributed by atoms with van der Waals surface area (Å²) in [5.41, 5.74) is 2.43. The Hall–Kier alpha value is -4.00. The van der Waals surface area contributed by atoms with Crippen molar-refractivity contribution in [1.82, 2.24) is 0 Å². The highest BCUT2D eigenvalue weighted by atomic mass is 16.5. The molecule has 0 unspecified atom stereocenters. The molecule has 1 aliphatic rings. The van der Waals surface area contributed by atoms with Gasteiger partial charge in [0.25, 0.3) is 5.91 Å². The Kier molecular flexibility index (Phi) is 6.03. The van der Waals surface area contributed by atoms with E-state index in [2.05, 4.69) is 10.6 Å². The number of para-hydroxylation sites is 2. The zero-order valence-electron chi connectivity index (χ0n) is 17.0. The quantitative estimate of drug-likeness (QED) is 0.594. The van der Waals surface area contributed by atoms with Crippen molar-refractivity contribution in [3.05, 3.63) is 72.3 Å². The van der Waals surface area contributed by atoms with Crippen molar-refractivity contribution in [3.63, 3.8) is 0 Å². The number of carbonyl (C=O) groups excluding carboxylic acids is 2. The highest BCUT2D eigenvalue weighted by Crippen LogP contribution is 2.31. The first-order chi connectivity index (χ1) is 15.1. The lowest BCUT2D eigenvalue weighted by Crippen LogP contribution is -2.21. The van der Waals surface area contributed by atoms with E-state index < -0.39 is 0 Å². The molecular weight excluding hydrogens is 396 g/mol. The normalized spacial score (nSPS) is 12.4. The van der Waals surface area contributed by atoms with Gasteiger partial charge in [-0.15, -0.1) is 0 Å². The first-order valence-corrected chi connectivity index (χ1v) is 9.87. The third kappa shape index (κ3) is 5.14. The zero-order chi connectivity index (χ0) is 21.6. The topological polar surface area (TPSA) is 85.9 Å². The van der Waals surface area contributed by atoms with E-state index in [9.17, 15) is 9.59 Å². The van der Waals surface area contributed by atoms with Crippen molar-refractivity contribution in [2.75, 3.05) is 24.4 Å². The van der Waals surface area contributed by atoms with Gasteiger partial charge in [-0.2, -0.15) is 0 Å². The van der Waals surface area contributed by atoms with Gasteiger partial charge in [0.2, 0.25) is 5.91 Å². The van der Waals surface area contributed by atoms with Gasteiger partial charge in [-0.3, -0.25) is 9.59 Å². The van der Waals surface area contributed by atoms with Crippen LogP contribution in [0.4, 0.5) is 11.4 Å². The number of carbonyl (C=O) groups is 2. The molecule has 0 aromatic heterocycles. The summed E-state index contributed by atoms with van der Waals surface area (Å²) in [6, 6.07) is 19.8. The Bertz CT molecular complexity index is 1100. The van der Waals surface area contributed by atoms with Crippen LogP contribution in [-0.4, -0.2) is 25.5 Å². The summed E-state index contributed by atoms with van der Waals surface area (Å²) in [5, 5.41) is 5.61. The van der Waals surface area contributed by atoms with Gasteiger partial charge in [0.05, 0.1) is 7.11 Å². The third-order valence-electron chi connectivity index (χ3n) is 4.78. The Labute approximate surface area is 179 Å². The lowest BCUT2D eigenvalue weighted by Gasteiger charge is -2.17. The monoisotopic (exact) mass is 418 g/mol. The Morgan fingerprint density at radius 1 is 0.968 bits per heavy atom. The first kappa shape index (κ1) is 20.3. The number of ether oxygens (including phenoxy) is 3. The van der Waals surface area contributed by atoms with Crippen molar-refractivity contribution < 1.29 is 23.8 Å². The van der Waals surface area contributed by atoms with Crippen molar-refractivity contribution in [3.8, 4) is 23.0 Å². The molecule has 0 atom stereocenters. The van der Waals surface area contributed by atoms with Crippen LogP contribution in [0.1, 0.15) is 12.0 Å². The van der Waals surface area contributed by atoms with E-state index in [4.69, 9.17) is 14.2 Å². The third-order valence-corrected chi connectivity index (χ3v) is 4.78. The maximum absolute atomic E-state index is 12.2. The van der Waals surface area contributed by atoms with Gasteiger partial charge >= 0.3 is 0 Å². The average Bonchev–Trinajstić information content (AvgIpc) is 2.79. The molecule has 7 nitrogen and oxygen atoms in total. The Morgan fingerprint density at radius 2 is 1.71 bits per heavy atom. The van der Waals surface area contributed by atoms with Gasteiger partial charge in [-0.1, -0.05) is 12.1 Å². The van der Waals surface area contributed by atoms with Crippen LogP contribution >= 0.6 is 0 Å². The minimum absolute atomic E-state index is 0.0138. The second-order valence-corrected chi connectivity index (χ2v) is 6.98. The van der Waals surface area contributed by atoms with Crippen LogP contribution in [0.25, 0.3) is 0 Å². The molecule has 3 aromatic carbocycles. The molecule has 4 rings (SSSR count). The predicted molar refractivity (Wildman–Crippen MR) is 117 cm³/mol. The van der Waals surface area contributed by atoms with Crippen molar-refractivity contribution in [1.29, 1.82) is 0 Å². The molecule has 0 radical (unpaired) electrons. The van der Waals surface area contributed by atoms with Gasteiger partial charge in [0, 0.05) is 17.8 Å². The van der Waals surface area contributed by atoms with E-state index >= 15 is 0 Å². The standard InChI is InChI=1S/C24H22N2O5/c1-29-21-4-2-3-5-22(21)31-18-9-7-17(8-10-18)25-24(28)15-30-19-11-12-20-16(14-19)6-13-23(27)26-20/h2-5,7-12,14H,6,13,15H2,1H3,(H,25,28)(H,26,27). The summed E-state index contributed by atoms with van der Waals surface area (Å²) >= 11 is 0. The highest BCUT2D eigenvalue weighted by Gasteiger charge is 2.15. The largest absolute Gasteiger partial charge is 0.493 e. The Balaban J connectivity index is 1.30. The van der Waals surface area contributed by atoms with Crippen molar-refractivity contribution in [2.24, 2.45) is 0 Å². The molecule has 1 heterocycles. The maximum atomic E-state index is 12.2. The van der Waals surface area contributed by atoms with Crippen molar-refractivity contribution in [2.45, 2.75) is 12.8 Å². The van der Waals surface area contributed by atoms with E-state index in [1.165, 1.54) is 0 Å². The van der Waals surface area contributed by atoms with E-state index in [1.54, 1.807) is 43.5 Å². The number of nitrogens with one attached hydrogen (secondary N) is 2. The second kappa shape index (κ2) is 9.21. The smallest absolute Gasteiger partial charge is 0.262 e. The molecule has 1 aliphatic heterocycles. The van der Waals surface area contributed by atoms with Gasteiger partial charge < -0.3 is 24.8 Å². The minimum atomic E-state index is -0.274. The van der Waals surface area contributed by atoms with Crippen LogP contribution in [0, 0.1) is 0 Å². The van der Waals surface area contributed by atoms with E-state index in [-0.39, 0.29) is 18.4 Å². The lowest BCUT2D eigenvalue weighted by molar-refractivity contribution is -0.118. The van der Waals surface area contributed by atoms with Crippen LogP contribution < -0.4 is 24.8 Å². The molecular formula is C24H22N2O5. The number of amides is 2. The number of aryl methyl sites for hydroxylation is 1. The number of hydrogen-bond acceptors (Lipinski definition) is 5. The fourth-order valence-corrected chi connectivity index (χ4v) is 3.23. The number of benzene rings is 3. The maximum Gasteiger partial charge on any atom is 0.262 e. The molecule has 7 heteroatoms. The molecule has 31 heavy (non-hydrogen) atoms. The SMILES string of the molecule is COc1ccccc1Oc1ccc(NC(=O)COc2ccc3c(c2)CCC(=O)N3)cc1. The van der Waals surface area contributed by atoms with E-state index in [1.807, 2.05) is 30.3 Å². The Morgan fingerprint density at radius 3 is 2.48 bits per heavy atom. The molecule has 0 saturated heterocycles. The summed E-state index contributed by atoms with van der Waals surface area (Å²) in [5.74, 6) is 2.20. The second-order valence-electron chi connectivity index (χ2n) is 6.98. The van der Waals surface area contributed by atoms with Crippen molar-refractivity contribution >= 4 is 23.2 Å². The molecule has 0 fully saturated rings. The average molecular weight is 418 g/mol. The summed E-state index contributed by atoms with van der Waals surface area (Å²) in [4.78, 5) is 23.7. The summed E-state index contributed by atoms with van der Waals surface area (Å²) < 4.78 is 16.7. The van der Waals surface area contributed by atoms with Gasteiger partial charge in [0.15, 0.2) is 18.1 Å². The molecule has 0 bridgehead atoms. The number of hydrogen-bond donors (Lipinski definition) is 2. The highest BCUT2D eigenvalue weighted by molar-refractivity contribution is 5.94. The molecule has 0 aliphatic carbocycles. The zero-order valence-corrected chi connectivity index (χ0v) is 17.0. The van der Waals surface area contributed by atoms with E-state index in [0.717, 1.165) is 11.3 Å². The number of rotatable bonds is 7. The minimum Gasteiger partial charge on any atom is -0.493 e. The fraction of sp³-hybridized carbons (Fsp3) is 0.167. The number of anilines is 2. The molecule has 158 valence electrons. The number of fused-ring (bicyclic) bond motifs is 1. The van der Waals surface area contributed by atoms with Crippen LogP contribution in [0.5, 0.6) is 23.0 Å². The molecule has 0 spiro atoms. The predicted octanol–water partition coefficient (Wildman–Crippen LogP) is 4.39. The van der Waals surface area contributed by atoms with Gasteiger partial charge in [-0.25, -0.2) is 0 Å². The number of methoxy groups -OCH3 is 1. The van der Waals surface area contributed by atoms with Crippen LogP contribution in [-0.2, 0) is 16.0 Å². The van der Waals surface area contributed by atoms with Crippen LogP contribution in [0.3, 0.4) is 0 Å². The van der Waals surface area contributed by atoms with E-state index in [0.29, 0.717) is 41.5 Å². The van der Waals surface area contributed by atoms with Gasteiger partial charge in [0.1, 0.15) is 11.5 Å². The molecule has 2 N–H and O–H groups in total. The molecule has 3 aromatic rings. The van der Waals surface area contributed by atoms with Crippen LogP contribution in [0.15, 0.2) is 66.7 Å².